The van der Waals surface area contributed by atoms with Crippen LogP contribution in [-0.4, -0.2) is 11.6 Å². The summed E-state index contributed by atoms with van der Waals surface area (Å²) in [6.45, 7) is 0. The second-order valence-electron chi connectivity index (χ2n) is 8.74. The van der Waals surface area contributed by atoms with Crippen LogP contribution in [0.1, 0.15) is 61.5 Å². The number of rotatable bonds is 2. The van der Waals surface area contributed by atoms with E-state index in [4.69, 9.17) is 20.9 Å². The Morgan fingerprint density at radius 3 is 1.44 bits per heavy atom. The van der Waals surface area contributed by atoms with Crippen LogP contribution in [0.4, 0.5) is 0 Å². The van der Waals surface area contributed by atoms with Crippen molar-refractivity contribution in [2.75, 3.05) is 0 Å². The number of nitriles is 2. The normalized spacial score (nSPS) is 24.6. The van der Waals surface area contributed by atoms with Crippen LogP contribution in [0.3, 0.4) is 0 Å². The smallest absolute Gasteiger partial charge is 0.205 e. The summed E-state index contributed by atoms with van der Waals surface area (Å²) >= 11 is 0. The van der Waals surface area contributed by atoms with Gasteiger partial charge >= 0.3 is 0 Å². The first-order valence-electron chi connectivity index (χ1n) is 11.2. The van der Waals surface area contributed by atoms with E-state index in [1.165, 1.54) is 0 Å². The second-order valence-corrected chi connectivity index (χ2v) is 8.74. The summed E-state index contributed by atoms with van der Waals surface area (Å²) in [6.07, 6.45) is 3.33. The molecule has 1 aromatic rings. The largest absolute Gasteiger partial charge is 0.444 e. The third-order valence-electron chi connectivity index (χ3n) is 6.81. The summed E-state index contributed by atoms with van der Waals surface area (Å²) in [7, 11) is 0. The van der Waals surface area contributed by atoms with E-state index in [9.17, 15) is 20.1 Å². The van der Waals surface area contributed by atoms with Gasteiger partial charge in [-0.1, -0.05) is 24.3 Å². The molecule has 4 N–H and O–H groups in total. The van der Waals surface area contributed by atoms with Gasteiger partial charge in [0, 0.05) is 36.8 Å². The van der Waals surface area contributed by atoms with Crippen LogP contribution in [0.2, 0.25) is 0 Å². The SMILES string of the molecule is N#CC1=C(N)OC2=C(C(=O)CCC2)C1c1ccc(C2C(C#N)=C(N)OC3=C2C(=O)CCC3)cc1. The zero-order chi connectivity index (χ0) is 24.0. The van der Waals surface area contributed by atoms with Gasteiger partial charge in [-0.15, -0.1) is 0 Å². The van der Waals surface area contributed by atoms with Gasteiger partial charge in [0.15, 0.2) is 11.6 Å². The Bertz CT molecular complexity index is 1230. The zero-order valence-electron chi connectivity index (χ0n) is 18.4. The highest BCUT2D eigenvalue weighted by Gasteiger charge is 2.40. The van der Waals surface area contributed by atoms with Gasteiger partial charge in [0.05, 0.1) is 11.8 Å². The molecule has 2 aliphatic heterocycles. The molecular weight excluding hydrogens is 432 g/mol. The van der Waals surface area contributed by atoms with Crippen LogP contribution in [0, 0.1) is 22.7 Å². The lowest BCUT2D eigenvalue weighted by Crippen LogP contribution is -2.28. The number of allylic oxidation sites excluding steroid dienone is 6. The maximum absolute atomic E-state index is 12.8. The number of carbonyl (C=O) groups is 2. The quantitative estimate of drug-likeness (QED) is 0.690. The lowest BCUT2D eigenvalue weighted by molar-refractivity contribution is -0.117. The van der Waals surface area contributed by atoms with Crippen molar-refractivity contribution in [2.45, 2.75) is 50.4 Å². The topological polar surface area (TPSA) is 152 Å². The first kappa shape index (κ1) is 21.5. The fourth-order valence-electron chi connectivity index (χ4n) is 5.26. The predicted molar refractivity (Wildman–Crippen MR) is 120 cm³/mol. The Kier molecular flexibility index (Phi) is 5.22. The number of carbonyl (C=O) groups excluding carboxylic acids is 2. The molecular formula is C26H22N4O4. The van der Waals surface area contributed by atoms with E-state index in [1.54, 1.807) is 24.3 Å². The number of Topliss-reactive ketones (excluding diaryl/α,β-unsaturated/α-hetero) is 2. The summed E-state index contributed by atoms with van der Waals surface area (Å²) in [4.78, 5) is 25.6. The summed E-state index contributed by atoms with van der Waals surface area (Å²) < 4.78 is 11.3. The van der Waals surface area contributed by atoms with E-state index in [0.29, 0.717) is 72.3 Å². The molecule has 0 saturated heterocycles. The van der Waals surface area contributed by atoms with Crippen LogP contribution in [0.5, 0.6) is 0 Å². The zero-order valence-corrected chi connectivity index (χ0v) is 18.4. The van der Waals surface area contributed by atoms with E-state index < -0.39 is 11.8 Å². The van der Waals surface area contributed by atoms with Crippen LogP contribution < -0.4 is 11.5 Å². The van der Waals surface area contributed by atoms with Crippen molar-refractivity contribution >= 4 is 11.6 Å². The number of ketones is 2. The molecule has 2 aliphatic carbocycles. The highest BCUT2D eigenvalue weighted by atomic mass is 16.5. The average Bonchev–Trinajstić information content (AvgIpc) is 2.83. The van der Waals surface area contributed by atoms with Gasteiger partial charge in [-0.2, -0.15) is 10.5 Å². The molecule has 0 amide bonds. The molecule has 0 radical (unpaired) electrons. The summed E-state index contributed by atoms with van der Waals surface area (Å²) in [5.74, 6) is -0.262. The Balaban J connectivity index is 1.59. The fourth-order valence-corrected chi connectivity index (χ4v) is 5.26. The lowest BCUT2D eigenvalue weighted by atomic mass is 9.75. The van der Waals surface area contributed by atoms with Gasteiger partial charge in [0.2, 0.25) is 11.8 Å². The van der Waals surface area contributed by atoms with E-state index in [2.05, 4.69) is 12.1 Å². The monoisotopic (exact) mass is 454 g/mol. The first-order chi connectivity index (χ1) is 16.4. The number of benzene rings is 1. The summed E-state index contributed by atoms with van der Waals surface area (Å²) in [5.41, 5.74) is 14.8. The molecule has 2 atom stereocenters. The van der Waals surface area contributed by atoms with E-state index in [-0.39, 0.29) is 34.5 Å². The Hall–Kier alpha value is -4.30. The second kappa shape index (κ2) is 8.24. The molecule has 5 rings (SSSR count). The molecule has 2 heterocycles. The van der Waals surface area contributed by atoms with Gasteiger partial charge in [0.25, 0.3) is 0 Å². The van der Waals surface area contributed by atoms with E-state index in [0.717, 1.165) is 0 Å². The van der Waals surface area contributed by atoms with Crippen molar-refractivity contribution < 1.29 is 19.1 Å². The number of hydrogen-bond donors (Lipinski definition) is 2. The number of hydrogen-bond acceptors (Lipinski definition) is 8. The van der Waals surface area contributed by atoms with Gasteiger partial charge in [-0.05, 0) is 24.0 Å². The average molecular weight is 454 g/mol. The van der Waals surface area contributed by atoms with Crippen molar-refractivity contribution in [3.05, 3.63) is 81.0 Å². The van der Waals surface area contributed by atoms with Crippen LogP contribution >= 0.6 is 0 Å². The van der Waals surface area contributed by atoms with Crippen molar-refractivity contribution in [1.29, 1.82) is 10.5 Å². The van der Waals surface area contributed by atoms with E-state index >= 15 is 0 Å². The standard InChI is InChI=1S/C26H22N4O4/c27-11-15-21(23-17(31)3-1-5-19(23)33-25(15)29)13-7-9-14(10-8-13)22-16(12-28)26(30)34-20-6-2-4-18(32)24(20)22/h7-10,21-22H,1-6,29-30H2. The maximum atomic E-state index is 12.8. The van der Waals surface area contributed by atoms with Crippen molar-refractivity contribution in [3.63, 3.8) is 0 Å². The first-order valence-corrected chi connectivity index (χ1v) is 11.2. The Morgan fingerprint density at radius 1 is 0.706 bits per heavy atom. The summed E-state index contributed by atoms with van der Waals surface area (Å²) in [6, 6.07) is 11.4. The van der Waals surface area contributed by atoms with E-state index in [1.807, 2.05) is 0 Å². The van der Waals surface area contributed by atoms with Crippen molar-refractivity contribution in [3.8, 4) is 12.1 Å². The molecule has 34 heavy (non-hydrogen) atoms. The number of nitrogens with zero attached hydrogens (tertiary/aromatic N) is 2. The maximum Gasteiger partial charge on any atom is 0.205 e. The minimum atomic E-state index is -0.618. The Morgan fingerprint density at radius 2 is 1.09 bits per heavy atom. The molecule has 0 saturated carbocycles. The number of ether oxygens (including phenoxy) is 2. The number of nitrogens with two attached hydrogens (primary N) is 2. The lowest BCUT2D eigenvalue weighted by Gasteiger charge is -2.32. The minimum Gasteiger partial charge on any atom is -0.444 e. The molecule has 0 spiro atoms. The van der Waals surface area contributed by atoms with Gasteiger partial charge in [-0.25, -0.2) is 0 Å². The van der Waals surface area contributed by atoms with Crippen molar-refractivity contribution in [1.82, 2.24) is 0 Å². The minimum absolute atomic E-state index is 0.0135. The molecule has 170 valence electrons. The summed E-state index contributed by atoms with van der Waals surface area (Å²) in [5, 5.41) is 19.5. The molecule has 1 aromatic carbocycles. The highest BCUT2D eigenvalue weighted by molar-refractivity contribution is 6.00. The third-order valence-corrected chi connectivity index (χ3v) is 6.81. The van der Waals surface area contributed by atoms with Crippen LogP contribution in [-0.2, 0) is 19.1 Å². The van der Waals surface area contributed by atoms with Gasteiger partial charge in [0.1, 0.15) is 34.8 Å². The van der Waals surface area contributed by atoms with Gasteiger partial charge in [-0.3, -0.25) is 9.59 Å². The Labute approximate surface area is 196 Å². The van der Waals surface area contributed by atoms with Gasteiger partial charge < -0.3 is 20.9 Å². The molecule has 0 bridgehead atoms. The molecule has 0 fully saturated rings. The molecule has 8 heteroatoms. The fraction of sp³-hybridized carbons (Fsp3) is 0.308. The molecule has 4 aliphatic rings. The van der Waals surface area contributed by atoms with Crippen LogP contribution in [0.25, 0.3) is 0 Å². The third kappa shape index (κ3) is 3.27. The molecule has 2 unspecified atom stereocenters. The molecule has 0 aromatic heterocycles. The highest BCUT2D eigenvalue weighted by Crippen LogP contribution is 2.46. The van der Waals surface area contributed by atoms with Crippen molar-refractivity contribution in [2.24, 2.45) is 11.5 Å². The molecule has 8 nitrogen and oxygen atoms in total. The van der Waals surface area contributed by atoms with Crippen LogP contribution in [0.15, 0.2) is 69.8 Å². The predicted octanol–water partition coefficient (Wildman–Crippen LogP) is 3.32.